The number of nitrogens with zero attached hydrogens (tertiary/aromatic N) is 5. The van der Waals surface area contributed by atoms with Crippen LogP contribution in [0, 0.1) is 5.82 Å². The molecule has 2 aromatic heterocycles. The number of halogens is 2. The van der Waals surface area contributed by atoms with Gasteiger partial charge in [0.2, 0.25) is 5.95 Å². The lowest BCUT2D eigenvalue weighted by Crippen LogP contribution is -2.31. The van der Waals surface area contributed by atoms with Gasteiger partial charge in [0.15, 0.2) is 0 Å². The zero-order valence-corrected chi connectivity index (χ0v) is 19.7. The van der Waals surface area contributed by atoms with Crippen LogP contribution in [0.15, 0.2) is 67.1 Å². The van der Waals surface area contributed by atoms with E-state index in [9.17, 15) is 4.39 Å². The molecule has 5 rings (SSSR count). The molecule has 6 nitrogen and oxygen atoms in total. The van der Waals surface area contributed by atoms with Crippen LogP contribution in [0.25, 0.3) is 22.6 Å². The van der Waals surface area contributed by atoms with E-state index in [-0.39, 0.29) is 5.82 Å². The quantitative estimate of drug-likeness (QED) is 0.388. The number of piperidine rings is 1. The summed E-state index contributed by atoms with van der Waals surface area (Å²) < 4.78 is 15.8. The lowest BCUT2D eigenvalue weighted by atomic mass is 10.0. The molecule has 0 saturated carbocycles. The number of anilines is 1. The van der Waals surface area contributed by atoms with Gasteiger partial charge in [-0.2, -0.15) is 0 Å². The van der Waals surface area contributed by atoms with Gasteiger partial charge >= 0.3 is 0 Å². The van der Waals surface area contributed by atoms with Crippen LogP contribution in [-0.2, 0) is 6.54 Å². The van der Waals surface area contributed by atoms with Crippen LogP contribution in [0.3, 0.4) is 0 Å². The van der Waals surface area contributed by atoms with Gasteiger partial charge in [-0.3, -0.25) is 0 Å². The Kier molecular flexibility index (Phi) is 6.56. The molecule has 3 heterocycles. The van der Waals surface area contributed by atoms with E-state index in [1.807, 2.05) is 36.7 Å². The summed E-state index contributed by atoms with van der Waals surface area (Å²) in [5.41, 5.74) is 4.40. The molecule has 0 aliphatic carbocycles. The Morgan fingerprint density at radius 2 is 1.85 bits per heavy atom. The molecule has 34 heavy (non-hydrogen) atoms. The van der Waals surface area contributed by atoms with Gasteiger partial charge in [-0.1, -0.05) is 23.7 Å². The van der Waals surface area contributed by atoms with Crippen LogP contribution in [0.4, 0.5) is 10.3 Å². The Labute approximate surface area is 203 Å². The number of hydrogen-bond donors (Lipinski definition) is 1. The first-order valence-corrected chi connectivity index (χ1v) is 11.8. The van der Waals surface area contributed by atoms with Crippen LogP contribution in [0.5, 0.6) is 0 Å². The summed E-state index contributed by atoms with van der Waals surface area (Å²) in [4.78, 5) is 16.3. The molecular weight excluding hydrogens is 451 g/mol. The van der Waals surface area contributed by atoms with Crippen molar-refractivity contribution in [3.8, 4) is 22.6 Å². The maximum Gasteiger partial charge on any atom is 0.223 e. The van der Waals surface area contributed by atoms with Gasteiger partial charge in [0.05, 0.1) is 23.4 Å². The Morgan fingerprint density at radius 3 is 2.62 bits per heavy atom. The lowest BCUT2D eigenvalue weighted by Gasteiger charge is -2.30. The molecule has 0 spiro atoms. The van der Waals surface area contributed by atoms with Crippen molar-refractivity contribution in [2.45, 2.75) is 25.4 Å². The van der Waals surface area contributed by atoms with Crippen molar-refractivity contribution in [3.05, 3.63) is 83.5 Å². The number of imidazole rings is 1. The second kappa shape index (κ2) is 9.91. The summed E-state index contributed by atoms with van der Waals surface area (Å²) in [7, 11) is 2.15. The molecule has 0 amide bonds. The minimum absolute atomic E-state index is 0.269. The van der Waals surface area contributed by atoms with Crippen molar-refractivity contribution >= 4 is 17.5 Å². The average Bonchev–Trinajstić information content (AvgIpc) is 3.29. The van der Waals surface area contributed by atoms with Crippen LogP contribution < -0.4 is 5.32 Å². The predicted molar refractivity (Wildman–Crippen MR) is 133 cm³/mol. The number of aromatic nitrogens is 4. The molecule has 4 aromatic rings. The molecule has 1 fully saturated rings. The second-order valence-corrected chi connectivity index (χ2v) is 9.08. The molecular formula is C26H26ClFN6. The van der Waals surface area contributed by atoms with E-state index >= 15 is 0 Å². The highest BCUT2D eigenvalue weighted by atomic mass is 35.5. The van der Waals surface area contributed by atoms with E-state index in [0.29, 0.717) is 23.6 Å². The zero-order valence-electron chi connectivity index (χ0n) is 19.0. The summed E-state index contributed by atoms with van der Waals surface area (Å²) in [5.74, 6) is 0.258. The third-order valence-electron chi connectivity index (χ3n) is 6.23. The van der Waals surface area contributed by atoms with Crippen molar-refractivity contribution in [1.29, 1.82) is 0 Å². The molecule has 0 radical (unpaired) electrons. The highest BCUT2D eigenvalue weighted by molar-refractivity contribution is 6.30. The molecule has 0 bridgehead atoms. The zero-order chi connectivity index (χ0) is 23.5. The first kappa shape index (κ1) is 22.5. The van der Waals surface area contributed by atoms with E-state index in [0.717, 1.165) is 54.1 Å². The Balaban J connectivity index is 1.50. The number of likely N-dealkylation sites (tertiary alicyclic amines) is 1. The van der Waals surface area contributed by atoms with Gasteiger partial charge in [0, 0.05) is 29.4 Å². The van der Waals surface area contributed by atoms with Crippen molar-refractivity contribution in [2.75, 3.05) is 25.5 Å². The summed E-state index contributed by atoms with van der Waals surface area (Å²) in [5, 5.41) is 3.99. The molecule has 8 heteroatoms. The summed E-state index contributed by atoms with van der Waals surface area (Å²) >= 11 is 6.11. The fourth-order valence-electron chi connectivity index (χ4n) is 4.39. The maximum atomic E-state index is 13.6. The van der Waals surface area contributed by atoms with Crippen molar-refractivity contribution in [3.63, 3.8) is 0 Å². The Bertz CT molecular complexity index is 1260. The molecule has 0 unspecified atom stereocenters. The van der Waals surface area contributed by atoms with E-state index in [1.54, 1.807) is 18.3 Å². The number of benzene rings is 2. The molecule has 2 aromatic carbocycles. The van der Waals surface area contributed by atoms with Gasteiger partial charge in [-0.15, -0.1) is 0 Å². The largest absolute Gasteiger partial charge is 0.350 e. The molecule has 1 aliphatic rings. The van der Waals surface area contributed by atoms with Crippen molar-refractivity contribution in [2.24, 2.45) is 0 Å². The van der Waals surface area contributed by atoms with Crippen LogP contribution in [0.1, 0.15) is 24.4 Å². The lowest BCUT2D eigenvalue weighted by molar-refractivity contribution is 0.222. The van der Waals surface area contributed by atoms with Gasteiger partial charge in [-0.05, 0) is 81.0 Å². The molecule has 1 saturated heterocycles. The normalized spacial score (nSPS) is 14.9. The molecule has 0 atom stereocenters. The van der Waals surface area contributed by atoms with Crippen LogP contribution in [-0.4, -0.2) is 44.6 Å². The number of hydrogen-bond acceptors (Lipinski definition) is 5. The average molecular weight is 477 g/mol. The Hall–Kier alpha value is -3.29. The van der Waals surface area contributed by atoms with Gasteiger partial charge in [0.1, 0.15) is 5.82 Å². The monoisotopic (exact) mass is 476 g/mol. The van der Waals surface area contributed by atoms with Crippen LogP contribution >= 0.6 is 11.6 Å². The first-order valence-electron chi connectivity index (χ1n) is 11.4. The highest BCUT2D eigenvalue weighted by Crippen LogP contribution is 2.35. The minimum atomic E-state index is -0.269. The fraction of sp³-hybridized carbons (Fsp3) is 0.269. The fourth-order valence-corrected chi connectivity index (χ4v) is 4.60. The van der Waals surface area contributed by atoms with Crippen molar-refractivity contribution in [1.82, 2.24) is 24.4 Å². The van der Waals surface area contributed by atoms with E-state index < -0.39 is 0 Å². The topological polar surface area (TPSA) is 58.9 Å². The second-order valence-electron chi connectivity index (χ2n) is 8.64. The van der Waals surface area contributed by atoms with E-state index in [1.165, 1.54) is 12.1 Å². The van der Waals surface area contributed by atoms with Gasteiger partial charge in [0.25, 0.3) is 0 Å². The predicted octanol–water partition coefficient (Wildman–Crippen LogP) is 5.68. The Morgan fingerprint density at radius 1 is 1.06 bits per heavy atom. The minimum Gasteiger partial charge on any atom is -0.350 e. The van der Waals surface area contributed by atoms with Crippen LogP contribution in [0.2, 0.25) is 5.02 Å². The smallest absolute Gasteiger partial charge is 0.223 e. The third kappa shape index (κ3) is 4.95. The summed E-state index contributed by atoms with van der Waals surface area (Å²) in [6, 6.07) is 16.4. The first-order chi connectivity index (χ1) is 16.6. The molecule has 1 N–H and O–H groups in total. The SMILES string of the molecule is CN1CCC(n2cnc(-c3ccc(F)cc3)c2-c2ccnc(NCc3cccc(Cl)c3)n2)CC1. The molecule has 174 valence electrons. The standard InChI is InChI=1S/C26H26ClFN6/c1-33-13-10-22(11-14-33)34-17-31-24(19-5-7-21(28)8-6-19)25(34)23-9-12-29-26(32-23)30-16-18-3-2-4-20(27)15-18/h2-9,12,15,17,22H,10-11,13-14,16H2,1H3,(H,29,30,32). The van der Waals surface area contributed by atoms with Crippen molar-refractivity contribution < 1.29 is 4.39 Å². The molecule has 1 aliphatic heterocycles. The number of rotatable bonds is 6. The maximum absolute atomic E-state index is 13.6. The summed E-state index contributed by atoms with van der Waals surface area (Å²) in [6.07, 6.45) is 5.72. The third-order valence-corrected chi connectivity index (χ3v) is 6.47. The highest BCUT2D eigenvalue weighted by Gasteiger charge is 2.24. The summed E-state index contributed by atoms with van der Waals surface area (Å²) in [6.45, 7) is 2.62. The van der Waals surface area contributed by atoms with Gasteiger partial charge < -0.3 is 14.8 Å². The number of nitrogens with one attached hydrogen (secondary N) is 1. The van der Waals surface area contributed by atoms with Gasteiger partial charge in [-0.25, -0.2) is 19.3 Å². The van der Waals surface area contributed by atoms with E-state index in [2.05, 4.69) is 26.8 Å². The van der Waals surface area contributed by atoms with E-state index in [4.69, 9.17) is 21.6 Å².